The smallest absolute Gasteiger partial charge is 0.336 e. The molecule has 0 spiro atoms. The third kappa shape index (κ3) is 5.48. The maximum atomic E-state index is 13.8. The van der Waals surface area contributed by atoms with Gasteiger partial charge >= 0.3 is 11.9 Å². The van der Waals surface area contributed by atoms with Crippen molar-refractivity contribution in [2.45, 2.75) is 45.4 Å². The van der Waals surface area contributed by atoms with Gasteiger partial charge in [-0.05, 0) is 61.6 Å². The number of allylic oxidation sites excluding steroid dienone is 3. The van der Waals surface area contributed by atoms with Gasteiger partial charge in [0.1, 0.15) is 0 Å². The van der Waals surface area contributed by atoms with Crippen LogP contribution in [0.15, 0.2) is 58.9 Å². The van der Waals surface area contributed by atoms with Gasteiger partial charge in [-0.1, -0.05) is 12.1 Å². The molecule has 2 aromatic rings. The zero-order chi connectivity index (χ0) is 28.3. The SMILES string of the molecule is CCOC(=O)C1=C(C)NC2=C(C(=O)CC(c3ccc(OC)c(OC)c3)C2)C1c1ccc(OC(C)=O)c(OC)c1. The zero-order valence-corrected chi connectivity index (χ0v) is 23.0. The Morgan fingerprint density at radius 3 is 2.15 bits per heavy atom. The first-order valence-corrected chi connectivity index (χ1v) is 12.7. The minimum atomic E-state index is -0.681. The molecule has 9 heteroatoms. The minimum Gasteiger partial charge on any atom is -0.493 e. The molecule has 0 fully saturated rings. The summed E-state index contributed by atoms with van der Waals surface area (Å²) in [6.45, 7) is 5.04. The Balaban J connectivity index is 1.80. The average Bonchev–Trinajstić information content (AvgIpc) is 2.91. The number of dihydropyridines is 1. The lowest BCUT2D eigenvalue weighted by molar-refractivity contribution is -0.139. The molecule has 0 bridgehead atoms. The fourth-order valence-electron chi connectivity index (χ4n) is 5.30. The Morgan fingerprint density at radius 1 is 0.897 bits per heavy atom. The summed E-state index contributed by atoms with van der Waals surface area (Å²) in [5, 5.41) is 3.34. The highest BCUT2D eigenvalue weighted by molar-refractivity contribution is 6.04. The third-order valence-electron chi connectivity index (χ3n) is 6.98. The summed E-state index contributed by atoms with van der Waals surface area (Å²) >= 11 is 0. The quantitative estimate of drug-likeness (QED) is 0.384. The number of esters is 2. The van der Waals surface area contributed by atoms with Crippen LogP contribution >= 0.6 is 0 Å². The van der Waals surface area contributed by atoms with E-state index in [1.807, 2.05) is 18.2 Å². The maximum absolute atomic E-state index is 13.8. The Hall–Kier alpha value is -4.27. The van der Waals surface area contributed by atoms with E-state index in [2.05, 4.69) is 5.32 Å². The van der Waals surface area contributed by atoms with Crippen LogP contribution in [0.2, 0.25) is 0 Å². The molecule has 1 aliphatic heterocycles. The summed E-state index contributed by atoms with van der Waals surface area (Å²) in [6, 6.07) is 10.7. The number of ether oxygens (including phenoxy) is 5. The molecule has 206 valence electrons. The van der Waals surface area contributed by atoms with Crippen LogP contribution in [0.25, 0.3) is 0 Å². The molecule has 0 saturated heterocycles. The number of methoxy groups -OCH3 is 3. The monoisotopic (exact) mass is 535 g/mol. The van der Waals surface area contributed by atoms with Crippen LogP contribution in [0.5, 0.6) is 23.0 Å². The second-order valence-corrected chi connectivity index (χ2v) is 9.36. The molecule has 2 aromatic carbocycles. The molecular weight excluding hydrogens is 502 g/mol. The lowest BCUT2D eigenvalue weighted by Gasteiger charge is -2.37. The summed E-state index contributed by atoms with van der Waals surface area (Å²) in [4.78, 5) is 38.6. The van der Waals surface area contributed by atoms with Gasteiger partial charge in [-0.3, -0.25) is 9.59 Å². The molecule has 1 heterocycles. The van der Waals surface area contributed by atoms with Gasteiger partial charge < -0.3 is 29.0 Å². The van der Waals surface area contributed by atoms with Crippen LogP contribution < -0.4 is 24.3 Å². The molecule has 4 rings (SSSR count). The summed E-state index contributed by atoms with van der Waals surface area (Å²) in [5.74, 6) is -0.0706. The van der Waals surface area contributed by atoms with E-state index < -0.39 is 17.9 Å². The number of Topliss-reactive ketones (excluding diaryl/α,β-unsaturated/α-hetero) is 1. The second-order valence-electron chi connectivity index (χ2n) is 9.36. The molecule has 1 N–H and O–H groups in total. The van der Waals surface area contributed by atoms with Crippen molar-refractivity contribution in [2.75, 3.05) is 27.9 Å². The van der Waals surface area contributed by atoms with E-state index in [-0.39, 0.29) is 30.5 Å². The van der Waals surface area contributed by atoms with Crippen molar-refractivity contribution in [3.8, 4) is 23.0 Å². The van der Waals surface area contributed by atoms with Crippen molar-refractivity contribution >= 4 is 17.7 Å². The van der Waals surface area contributed by atoms with E-state index in [9.17, 15) is 14.4 Å². The topological polar surface area (TPSA) is 109 Å². The molecule has 2 aliphatic rings. The van der Waals surface area contributed by atoms with E-state index in [0.717, 1.165) is 11.3 Å². The lowest BCUT2D eigenvalue weighted by atomic mass is 9.71. The first-order valence-electron chi connectivity index (χ1n) is 12.7. The van der Waals surface area contributed by atoms with Gasteiger partial charge in [0, 0.05) is 36.2 Å². The van der Waals surface area contributed by atoms with Crippen molar-refractivity contribution in [3.63, 3.8) is 0 Å². The van der Waals surface area contributed by atoms with Crippen LogP contribution in [-0.2, 0) is 19.1 Å². The Kier molecular flexibility index (Phi) is 8.28. The molecule has 2 atom stereocenters. The molecule has 2 unspecified atom stereocenters. The van der Waals surface area contributed by atoms with Crippen LogP contribution in [0.4, 0.5) is 0 Å². The number of ketones is 1. The number of nitrogens with one attached hydrogen (secondary N) is 1. The third-order valence-corrected chi connectivity index (χ3v) is 6.98. The fourth-order valence-corrected chi connectivity index (χ4v) is 5.30. The molecular formula is C30H33NO8. The molecule has 0 radical (unpaired) electrons. The van der Waals surface area contributed by atoms with Crippen molar-refractivity contribution < 1.29 is 38.1 Å². The fraction of sp³-hybridized carbons (Fsp3) is 0.367. The van der Waals surface area contributed by atoms with Gasteiger partial charge in [0.25, 0.3) is 0 Å². The van der Waals surface area contributed by atoms with Crippen molar-refractivity contribution in [1.29, 1.82) is 0 Å². The van der Waals surface area contributed by atoms with Crippen LogP contribution in [0, 0.1) is 0 Å². The molecule has 39 heavy (non-hydrogen) atoms. The lowest BCUT2D eigenvalue weighted by Crippen LogP contribution is -2.36. The number of rotatable bonds is 8. The van der Waals surface area contributed by atoms with E-state index in [1.54, 1.807) is 46.3 Å². The highest BCUT2D eigenvalue weighted by Gasteiger charge is 2.41. The molecule has 9 nitrogen and oxygen atoms in total. The van der Waals surface area contributed by atoms with Gasteiger partial charge in [0.2, 0.25) is 0 Å². The number of hydrogen-bond donors (Lipinski definition) is 1. The van der Waals surface area contributed by atoms with Gasteiger partial charge in [-0.2, -0.15) is 0 Å². The normalized spacial score (nSPS) is 18.7. The number of carbonyl (C=O) groups excluding carboxylic acids is 3. The molecule has 1 aliphatic carbocycles. The molecule has 0 aromatic heterocycles. The Labute approximate surface area is 227 Å². The van der Waals surface area contributed by atoms with Crippen molar-refractivity contribution in [2.24, 2.45) is 0 Å². The van der Waals surface area contributed by atoms with Gasteiger partial charge in [0.05, 0.1) is 33.5 Å². The summed E-state index contributed by atoms with van der Waals surface area (Å²) in [6.07, 6.45) is 0.813. The highest BCUT2D eigenvalue weighted by atomic mass is 16.6. The van der Waals surface area contributed by atoms with Gasteiger partial charge in [0.15, 0.2) is 28.8 Å². The highest BCUT2D eigenvalue weighted by Crippen LogP contribution is 2.47. The van der Waals surface area contributed by atoms with Gasteiger partial charge in [-0.15, -0.1) is 0 Å². The Morgan fingerprint density at radius 2 is 1.51 bits per heavy atom. The number of benzene rings is 2. The first-order chi connectivity index (χ1) is 18.7. The Bertz CT molecular complexity index is 1370. The van der Waals surface area contributed by atoms with Crippen LogP contribution in [0.1, 0.15) is 56.6 Å². The van der Waals surface area contributed by atoms with Crippen LogP contribution in [-0.4, -0.2) is 45.7 Å². The molecule has 0 saturated carbocycles. The first kappa shape index (κ1) is 27.8. The van der Waals surface area contributed by atoms with E-state index >= 15 is 0 Å². The number of carbonyl (C=O) groups is 3. The van der Waals surface area contributed by atoms with Crippen LogP contribution in [0.3, 0.4) is 0 Å². The van der Waals surface area contributed by atoms with Crippen molar-refractivity contribution in [1.82, 2.24) is 5.32 Å². The minimum absolute atomic E-state index is 0.0779. The van der Waals surface area contributed by atoms with E-state index in [4.69, 9.17) is 23.7 Å². The van der Waals surface area contributed by atoms with Gasteiger partial charge in [-0.25, -0.2) is 4.79 Å². The van der Waals surface area contributed by atoms with E-state index in [0.29, 0.717) is 46.1 Å². The average molecular weight is 536 g/mol. The summed E-state index contributed by atoms with van der Waals surface area (Å²) in [7, 11) is 4.62. The summed E-state index contributed by atoms with van der Waals surface area (Å²) in [5.41, 5.74) is 3.84. The standard InChI is InChI=1S/C30H33NO8/c1-7-38-30(34)27-16(2)31-21-12-20(18-8-10-23(35-4)25(14-18)36-5)13-22(33)29(21)28(27)19-9-11-24(39-17(3)32)26(15-19)37-6/h8-11,14-15,20,28,31H,7,12-13H2,1-6H3. The maximum Gasteiger partial charge on any atom is 0.336 e. The number of hydrogen-bond acceptors (Lipinski definition) is 9. The zero-order valence-electron chi connectivity index (χ0n) is 23.0. The predicted molar refractivity (Wildman–Crippen MR) is 143 cm³/mol. The largest absolute Gasteiger partial charge is 0.493 e. The second kappa shape index (κ2) is 11.6. The van der Waals surface area contributed by atoms with E-state index in [1.165, 1.54) is 14.0 Å². The van der Waals surface area contributed by atoms with Crippen molar-refractivity contribution in [3.05, 3.63) is 70.1 Å². The summed E-state index contributed by atoms with van der Waals surface area (Å²) < 4.78 is 27.0. The molecule has 0 amide bonds. The predicted octanol–water partition coefficient (Wildman–Crippen LogP) is 4.56.